The summed E-state index contributed by atoms with van der Waals surface area (Å²) in [6.07, 6.45) is 0. The molecule has 0 radical (unpaired) electrons. The van der Waals surface area contributed by atoms with E-state index in [1.165, 1.54) is 0 Å². The first-order valence-electron chi connectivity index (χ1n) is 11.0. The molecule has 0 spiro atoms. The lowest BCUT2D eigenvalue weighted by Gasteiger charge is -2.42. The lowest BCUT2D eigenvalue weighted by atomic mass is 10.1. The maximum Gasteiger partial charge on any atom is 0.270 e. The second-order valence-corrected chi connectivity index (χ2v) is 10.8. The minimum Gasteiger partial charge on any atom is -0.379 e. The SMILES string of the molecule is CCn1c2ccc([N+](=O)[O-])cc2c2cc(P(=O)(N3CCOCC3)N3CCOCC3)ccc21. The highest BCUT2D eigenvalue weighted by atomic mass is 31.2. The first-order chi connectivity index (χ1) is 15.5. The van der Waals surface area contributed by atoms with Crippen LogP contribution in [0.2, 0.25) is 0 Å². The summed E-state index contributed by atoms with van der Waals surface area (Å²) in [4.78, 5) is 11.0. The van der Waals surface area contributed by atoms with Crippen LogP contribution >= 0.6 is 7.44 Å². The van der Waals surface area contributed by atoms with Crippen molar-refractivity contribution in [2.45, 2.75) is 13.5 Å². The van der Waals surface area contributed by atoms with Crippen molar-refractivity contribution in [3.8, 4) is 0 Å². The Hall–Kier alpha value is -2.29. The highest BCUT2D eigenvalue weighted by molar-refractivity contribution is 7.67. The zero-order valence-electron chi connectivity index (χ0n) is 18.1. The third-order valence-electron chi connectivity index (χ3n) is 6.44. The Balaban J connectivity index is 1.71. The van der Waals surface area contributed by atoms with Crippen molar-refractivity contribution < 1.29 is 19.0 Å². The molecule has 5 rings (SSSR count). The largest absolute Gasteiger partial charge is 0.379 e. The highest BCUT2D eigenvalue weighted by Gasteiger charge is 2.40. The molecule has 32 heavy (non-hydrogen) atoms. The van der Waals surface area contributed by atoms with Crippen LogP contribution in [0, 0.1) is 10.1 Å². The maximum atomic E-state index is 14.8. The zero-order chi connectivity index (χ0) is 22.3. The van der Waals surface area contributed by atoms with Crippen LogP contribution in [0.4, 0.5) is 5.69 Å². The number of nitro benzene ring substituents is 1. The van der Waals surface area contributed by atoms with Crippen molar-refractivity contribution in [1.29, 1.82) is 0 Å². The summed E-state index contributed by atoms with van der Waals surface area (Å²) >= 11 is 0. The fraction of sp³-hybridized carbons (Fsp3) is 0.455. The third-order valence-corrected chi connectivity index (χ3v) is 9.72. The second kappa shape index (κ2) is 8.57. The van der Waals surface area contributed by atoms with Crippen molar-refractivity contribution in [3.05, 3.63) is 46.5 Å². The number of fused-ring (bicyclic) bond motifs is 3. The van der Waals surface area contributed by atoms with Gasteiger partial charge in [-0.3, -0.25) is 14.7 Å². The molecule has 2 aliphatic heterocycles. The van der Waals surface area contributed by atoms with Crippen molar-refractivity contribution in [2.24, 2.45) is 0 Å². The summed E-state index contributed by atoms with van der Waals surface area (Å²) < 4.78 is 32.1. The molecule has 0 N–H and O–H groups in total. The van der Waals surface area contributed by atoms with Crippen molar-refractivity contribution in [2.75, 3.05) is 52.6 Å². The van der Waals surface area contributed by atoms with Crippen LogP contribution < -0.4 is 5.30 Å². The first-order valence-corrected chi connectivity index (χ1v) is 12.6. The Labute approximate surface area is 186 Å². The van der Waals surface area contributed by atoms with Gasteiger partial charge < -0.3 is 14.0 Å². The quantitative estimate of drug-likeness (QED) is 0.329. The van der Waals surface area contributed by atoms with E-state index in [2.05, 4.69) is 20.8 Å². The normalized spacial score (nSPS) is 19.0. The Morgan fingerprint density at radius 3 is 1.97 bits per heavy atom. The fourth-order valence-corrected chi connectivity index (χ4v) is 7.86. The number of aromatic nitrogens is 1. The van der Waals surface area contributed by atoms with Crippen molar-refractivity contribution >= 4 is 40.2 Å². The number of non-ortho nitro benzene ring substituents is 1. The summed E-state index contributed by atoms with van der Waals surface area (Å²) in [7, 11) is -3.07. The number of hydrogen-bond acceptors (Lipinski definition) is 5. The smallest absolute Gasteiger partial charge is 0.270 e. The van der Waals surface area contributed by atoms with Gasteiger partial charge in [0.05, 0.1) is 31.4 Å². The van der Waals surface area contributed by atoms with Gasteiger partial charge in [0.2, 0.25) is 7.44 Å². The van der Waals surface area contributed by atoms with E-state index in [1.54, 1.807) is 18.2 Å². The van der Waals surface area contributed by atoms with Crippen LogP contribution in [0.25, 0.3) is 21.8 Å². The van der Waals surface area contributed by atoms with Crippen molar-refractivity contribution in [1.82, 2.24) is 13.9 Å². The number of aryl methyl sites for hydroxylation is 1. The Bertz CT molecular complexity index is 1190. The molecular weight excluding hydrogens is 431 g/mol. The zero-order valence-corrected chi connectivity index (χ0v) is 19.0. The standard InChI is InChI=1S/C22H27N4O5P/c1-2-25-21-5-3-17(26(27)28)15-19(21)20-16-18(4-6-22(20)25)32(29,23-7-11-30-12-8-23)24-9-13-31-14-10-24/h3-6,15-16H,2,7-14H2,1H3. The molecule has 1 aromatic heterocycles. The lowest BCUT2D eigenvalue weighted by Crippen LogP contribution is -2.46. The predicted octanol–water partition coefficient (Wildman–Crippen LogP) is 3.21. The highest BCUT2D eigenvalue weighted by Crippen LogP contribution is 2.53. The summed E-state index contributed by atoms with van der Waals surface area (Å²) in [6, 6.07) is 10.9. The molecule has 0 aliphatic carbocycles. The monoisotopic (exact) mass is 458 g/mol. The number of nitro groups is 1. The summed E-state index contributed by atoms with van der Waals surface area (Å²) in [5.74, 6) is 0. The molecule has 170 valence electrons. The third kappa shape index (κ3) is 3.45. The first kappa shape index (κ1) is 21.6. The Morgan fingerprint density at radius 1 is 0.906 bits per heavy atom. The molecule has 0 bridgehead atoms. The maximum absolute atomic E-state index is 14.8. The molecule has 3 heterocycles. The van der Waals surface area contributed by atoms with Crippen LogP contribution in [-0.2, 0) is 20.6 Å². The van der Waals surface area contributed by atoms with Gasteiger partial charge >= 0.3 is 0 Å². The van der Waals surface area contributed by atoms with Gasteiger partial charge in [-0.25, -0.2) is 9.34 Å². The van der Waals surface area contributed by atoms with E-state index >= 15 is 0 Å². The van der Waals surface area contributed by atoms with Gasteiger partial charge in [0.1, 0.15) is 0 Å². The minimum absolute atomic E-state index is 0.0580. The molecule has 3 aromatic rings. The number of ether oxygens (including phenoxy) is 2. The number of benzene rings is 2. The predicted molar refractivity (Wildman–Crippen MR) is 124 cm³/mol. The Morgan fingerprint density at radius 2 is 1.44 bits per heavy atom. The van der Waals surface area contributed by atoms with E-state index in [-0.39, 0.29) is 10.6 Å². The molecule has 2 saturated heterocycles. The van der Waals surface area contributed by atoms with Gasteiger partial charge in [-0.2, -0.15) is 0 Å². The molecule has 0 atom stereocenters. The summed E-state index contributed by atoms with van der Waals surface area (Å²) in [6.45, 7) is 7.43. The van der Waals surface area contributed by atoms with E-state index in [9.17, 15) is 14.7 Å². The minimum atomic E-state index is -3.07. The Kier molecular flexibility index (Phi) is 5.77. The van der Waals surface area contributed by atoms with Crippen LogP contribution in [0.5, 0.6) is 0 Å². The van der Waals surface area contributed by atoms with E-state index in [0.717, 1.165) is 33.7 Å². The van der Waals surface area contributed by atoms with Crippen molar-refractivity contribution in [3.63, 3.8) is 0 Å². The van der Waals surface area contributed by atoms with Gasteiger partial charge in [-0.1, -0.05) is 0 Å². The van der Waals surface area contributed by atoms with Crippen LogP contribution in [-0.4, -0.2) is 71.4 Å². The van der Waals surface area contributed by atoms with Crippen LogP contribution in [0.3, 0.4) is 0 Å². The molecule has 0 saturated carbocycles. The number of nitrogens with zero attached hydrogens (tertiary/aromatic N) is 4. The number of morpholine rings is 2. The van der Waals surface area contributed by atoms with Gasteiger partial charge in [-0.05, 0) is 31.2 Å². The average molecular weight is 458 g/mol. The molecule has 0 amide bonds. The number of rotatable bonds is 5. The molecule has 2 aliphatic rings. The van der Waals surface area contributed by atoms with Crippen LogP contribution in [0.15, 0.2) is 36.4 Å². The number of hydrogen-bond donors (Lipinski definition) is 0. The van der Waals surface area contributed by atoms with Gasteiger partial charge in [0.15, 0.2) is 0 Å². The van der Waals surface area contributed by atoms with E-state index in [0.29, 0.717) is 52.6 Å². The molecule has 2 aromatic carbocycles. The van der Waals surface area contributed by atoms with E-state index in [4.69, 9.17) is 9.47 Å². The van der Waals surface area contributed by atoms with Gasteiger partial charge in [-0.15, -0.1) is 0 Å². The molecular formula is C22H27N4O5P. The van der Waals surface area contributed by atoms with Gasteiger partial charge in [0.25, 0.3) is 5.69 Å². The topological polar surface area (TPSA) is 90.1 Å². The molecule has 10 heteroatoms. The van der Waals surface area contributed by atoms with E-state index in [1.807, 2.05) is 18.2 Å². The fourth-order valence-electron chi connectivity index (χ4n) is 4.87. The lowest BCUT2D eigenvalue weighted by molar-refractivity contribution is -0.384. The summed E-state index contributed by atoms with van der Waals surface area (Å²) in [5.41, 5.74) is 1.99. The summed E-state index contributed by atoms with van der Waals surface area (Å²) in [5, 5.41) is 13.9. The van der Waals surface area contributed by atoms with Gasteiger partial charge in [0, 0.05) is 72.0 Å². The molecule has 0 unspecified atom stereocenters. The molecule has 9 nitrogen and oxygen atoms in total. The van der Waals surface area contributed by atoms with E-state index < -0.39 is 7.44 Å². The average Bonchev–Trinajstić information content (AvgIpc) is 3.16. The van der Waals surface area contributed by atoms with Crippen LogP contribution in [0.1, 0.15) is 6.92 Å². The molecule has 2 fully saturated rings. The second-order valence-electron chi connectivity index (χ2n) is 8.08.